The van der Waals surface area contributed by atoms with Crippen molar-refractivity contribution >= 4 is 21.6 Å². The molecule has 1 N–H and O–H groups in total. The molecule has 0 aliphatic heterocycles. The predicted molar refractivity (Wildman–Crippen MR) is 139 cm³/mol. The number of carbonyl (C=O) groups excluding carboxylic acids is 1. The molecule has 3 aromatic carbocycles. The number of anilines is 1. The molecule has 0 fully saturated rings. The minimum absolute atomic E-state index is 0.0450. The molecule has 0 saturated heterocycles. The summed E-state index contributed by atoms with van der Waals surface area (Å²) in [6.45, 7) is 11.8. The van der Waals surface area contributed by atoms with E-state index in [9.17, 15) is 13.2 Å². The Balaban J connectivity index is 1.86. The van der Waals surface area contributed by atoms with Crippen LogP contribution in [0.1, 0.15) is 56.0 Å². The summed E-state index contributed by atoms with van der Waals surface area (Å²) in [5.74, 6) is -0.369. The molecule has 6 heteroatoms. The Morgan fingerprint density at radius 3 is 2.06 bits per heavy atom. The van der Waals surface area contributed by atoms with Gasteiger partial charge in [-0.1, -0.05) is 80.9 Å². The topological polar surface area (TPSA) is 66.5 Å². The van der Waals surface area contributed by atoms with Gasteiger partial charge in [0.1, 0.15) is 6.54 Å². The Morgan fingerprint density at radius 1 is 0.912 bits per heavy atom. The summed E-state index contributed by atoms with van der Waals surface area (Å²) in [6, 6.07) is 21.7. The van der Waals surface area contributed by atoms with Gasteiger partial charge in [-0.15, -0.1) is 0 Å². The fourth-order valence-corrected chi connectivity index (χ4v) is 5.24. The number of amides is 1. The lowest BCUT2D eigenvalue weighted by Gasteiger charge is -2.26. The van der Waals surface area contributed by atoms with E-state index in [1.54, 1.807) is 36.4 Å². The number of hydrogen-bond acceptors (Lipinski definition) is 3. The van der Waals surface area contributed by atoms with Crippen molar-refractivity contribution in [2.75, 3.05) is 10.8 Å². The van der Waals surface area contributed by atoms with Gasteiger partial charge in [-0.25, -0.2) is 8.42 Å². The first kappa shape index (κ1) is 25.5. The van der Waals surface area contributed by atoms with Crippen LogP contribution in [0, 0.1) is 13.8 Å². The molecule has 0 aromatic heterocycles. The van der Waals surface area contributed by atoms with Crippen molar-refractivity contribution in [3.05, 3.63) is 95.1 Å². The maximum Gasteiger partial charge on any atom is 0.264 e. The molecule has 1 amide bonds. The SMILES string of the molecule is Cc1ccc(S(=O)(=O)N(CC(=O)NC(C)c2ccc(C(C)(C)C)cc2)c2ccccc2C)cc1. The third-order valence-electron chi connectivity index (χ3n) is 5.93. The highest BCUT2D eigenvalue weighted by molar-refractivity contribution is 7.92. The van der Waals surface area contributed by atoms with E-state index in [4.69, 9.17) is 0 Å². The highest BCUT2D eigenvalue weighted by Gasteiger charge is 2.28. The first-order chi connectivity index (χ1) is 15.9. The number of nitrogens with zero attached hydrogens (tertiary/aromatic N) is 1. The van der Waals surface area contributed by atoms with E-state index in [2.05, 4.69) is 38.2 Å². The lowest BCUT2D eigenvalue weighted by atomic mass is 9.86. The summed E-state index contributed by atoms with van der Waals surface area (Å²) in [5, 5.41) is 2.96. The molecular formula is C28H34N2O3S. The van der Waals surface area contributed by atoms with Crippen molar-refractivity contribution < 1.29 is 13.2 Å². The second kappa shape index (κ2) is 10.0. The summed E-state index contributed by atoms with van der Waals surface area (Å²) < 4.78 is 28.3. The number of hydrogen-bond donors (Lipinski definition) is 1. The third-order valence-corrected chi connectivity index (χ3v) is 7.71. The molecule has 0 radical (unpaired) electrons. The van der Waals surface area contributed by atoms with Gasteiger partial charge in [0.25, 0.3) is 10.0 Å². The smallest absolute Gasteiger partial charge is 0.264 e. The molecule has 1 atom stereocenters. The van der Waals surface area contributed by atoms with Crippen LogP contribution in [0.25, 0.3) is 0 Å². The Morgan fingerprint density at radius 2 is 1.50 bits per heavy atom. The molecular weight excluding hydrogens is 444 g/mol. The zero-order valence-electron chi connectivity index (χ0n) is 20.8. The molecule has 180 valence electrons. The van der Waals surface area contributed by atoms with Crippen LogP contribution >= 0.6 is 0 Å². The van der Waals surface area contributed by atoms with Gasteiger partial charge in [0, 0.05) is 0 Å². The number of para-hydroxylation sites is 1. The fraction of sp³-hybridized carbons (Fsp3) is 0.321. The Bertz CT molecular complexity index is 1240. The Kier molecular flexibility index (Phi) is 7.51. The summed E-state index contributed by atoms with van der Waals surface area (Å²) in [4.78, 5) is 13.2. The van der Waals surface area contributed by atoms with Crippen molar-refractivity contribution in [2.45, 2.75) is 57.9 Å². The van der Waals surface area contributed by atoms with Crippen LogP contribution in [0.4, 0.5) is 5.69 Å². The minimum atomic E-state index is -3.94. The molecule has 0 bridgehead atoms. The highest BCUT2D eigenvalue weighted by Crippen LogP contribution is 2.27. The molecule has 1 unspecified atom stereocenters. The van der Waals surface area contributed by atoms with Crippen molar-refractivity contribution in [1.29, 1.82) is 0 Å². The number of benzene rings is 3. The molecule has 3 rings (SSSR count). The molecule has 0 aliphatic carbocycles. The molecule has 0 saturated carbocycles. The molecule has 3 aromatic rings. The van der Waals surface area contributed by atoms with E-state index in [-0.39, 0.29) is 28.8 Å². The van der Waals surface area contributed by atoms with Gasteiger partial charge in [0.2, 0.25) is 5.91 Å². The molecule has 0 heterocycles. The van der Waals surface area contributed by atoms with E-state index < -0.39 is 10.0 Å². The monoisotopic (exact) mass is 478 g/mol. The van der Waals surface area contributed by atoms with Crippen molar-refractivity contribution in [2.24, 2.45) is 0 Å². The van der Waals surface area contributed by atoms with Crippen LogP contribution in [0.15, 0.2) is 77.7 Å². The molecule has 0 spiro atoms. The number of carbonyl (C=O) groups is 1. The summed E-state index contributed by atoms with van der Waals surface area (Å²) >= 11 is 0. The largest absolute Gasteiger partial charge is 0.348 e. The second-order valence-electron chi connectivity index (χ2n) is 9.77. The van der Waals surface area contributed by atoms with Crippen molar-refractivity contribution in [1.82, 2.24) is 5.32 Å². The zero-order valence-corrected chi connectivity index (χ0v) is 21.6. The minimum Gasteiger partial charge on any atom is -0.348 e. The first-order valence-electron chi connectivity index (χ1n) is 11.4. The van der Waals surface area contributed by atoms with Gasteiger partial charge in [0.15, 0.2) is 0 Å². The Hall–Kier alpha value is -3.12. The highest BCUT2D eigenvalue weighted by atomic mass is 32.2. The lowest BCUT2D eigenvalue weighted by Crippen LogP contribution is -2.41. The van der Waals surface area contributed by atoms with Crippen LogP contribution in [-0.4, -0.2) is 20.9 Å². The van der Waals surface area contributed by atoms with Crippen LogP contribution in [0.3, 0.4) is 0 Å². The van der Waals surface area contributed by atoms with Crippen LogP contribution in [0.5, 0.6) is 0 Å². The van der Waals surface area contributed by atoms with Crippen molar-refractivity contribution in [3.63, 3.8) is 0 Å². The number of sulfonamides is 1. The molecule has 0 aliphatic rings. The van der Waals surface area contributed by atoms with Crippen molar-refractivity contribution in [3.8, 4) is 0 Å². The standard InChI is InChI=1S/C28H34N2O3S/c1-20-11-17-25(18-12-20)34(32,33)30(26-10-8-7-9-21(26)2)19-27(31)29-22(3)23-13-15-24(16-14-23)28(4,5)6/h7-18,22H,19H2,1-6H3,(H,29,31). The van der Waals surface area contributed by atoms with Gasteiger partial charge in [-0.3, -0.25) is 9.10 Å². The van der Waals surface area contributed by atoms with Gasteiger partial charge < -0.3 is 5.32 Å². The van der Waals surface area contributed by atoms with Crippen LogP contribution in [-0.2, 0) is 20.2 Å². The summed E-state index contributed by atoms with van der Waals surface area (Å²) in [7, 11) is -3.94. The van der Waals surface area contributed by atoms with Gasteiger partial charge in [0.05, 0.1) is 16.6 Å². The summed E-state index contributed by atoms with van der Waals surface area (Å²) in [5.41, 5.74) is 4.45. The molecule has 5 nitrogen and oxygen atoms in total. The van der Waals surface area contributed by atoms with Gasteiger partial charge >= 0.3 is 0 Å². The zero-order chi connectivity index (χ0) is 25.1. The first-order valence-corrected chi connectivity index (χ1v) is 12.9. The number of rotatable bonds is 7. The lowest BCUT2D eigenvalue weighted by molar-refractivity contribution is -0.120. The maximum atomic E-state index is 13.6. The van der Waals surface area contributed by atoms with Crippen LogP contribution in [0.2, 0.25) is 0 Å². The van der Waals surface area contributed by atoms with E-state index in [0.29, 0.717) is 5.69 Å². The van der Waals surface area contributed by atoms with E-state index in [1.807, 2.05) is 45.0 Å². The maximum absolute atomic E-state index is 13.6. The molecule has 34 heavy (non-hydrogen) atoms. The Labute approximate surface area is 203 Å². The van der Waals surface area contributed by atoms with E-state index >= 15 is 0 Å². The quantitative estimate of drug-likeness (QED) is 0.475. The normalized spacial score (nSPS) is 12.8. The average Bonchev–Trinajstić information content (AvgIpc) is 2.78. The number of aryl methyl sites for hydroxylation is 2. The number of nitrogens with one attached hydrogen (secondary N) is 1. The van der Waals surface area contributed by atoms with Crippen LogP contribution < -0.4 is 9.62 Å². The second-order valence-corrected chi connectivity index (χ2v) is 11.6. The van der Waals surface area contributed by atoms with Gasteiger partial charge in [-0.2, -0.15) is 0 Å². The van der Waals surface area contributed by atoms with Gasteiger partial charge in [-0.05, 0) is 61.1 Å². The van der Waals surface area contributed by atoms with E-state index in [1.165, 1.54) is 9.87 Å². The summed E-state index contributed by atoms with van der Waals surface area (Å²) in [6.07, 6.45) is 0. The van der Waals surface area contributed by atoms with E-state index in [0.717, 1.165) is 16.7 Å². The third kappa shape index (κ3) is 5.86. The fourth-order valence-electron chi connectivity index (χ4n) is 3.75. The predicted octanol–water partition coefficient (Wildman–Crippen LogP) is 5.67. The average molecular weight is 479 g/mol.